The minimum atomic E-state index is 0.202. The Balaban J connectivity index is 1.55. The number of hydrogen-bond acceptors (Lipinski definition) is 3. The standard InChI is InChI=1S/C20H20N2OS/c1-14-6-2-3-7-17(14)19-21-18(13-24-19)15-8-9-16(12-15)20(23)22-10-4-5-11-22/h2-3,6-8,12-13H,4-5,9-11H2,1H3. The van der Waals surface area contributed by atoms with Crippen LogP contribution in [0.15, 0.2) is 47.4 Å². The van der Waals surface area contributed by atoms with Crippen molar-refractivity contribution in [3.63, 3.8) is 0 Å². The molecule has 0 unspecified atom stereocenters. The Hall–Kier alpha value is -2.20. The average molecular weight is 336 g/mol. The summed E-state index contributed by atoms with van der Waals surface area (Å²) in [5.41, 5.74) is 5.37. The van der Waals surface area contributed by atoms with Gasteiger partial charge in [-0.05, 0) is 43.4 Å². The Bertz CT molecular complexity index is 841. The van der Waals surface area contributed by atoms with Crippen LogP contribution >= 0.6 is 11.3 Å². The van der Waals surface area contributed by atoms with E-state index in [1.165, 1.54) is 11.1 Å². The van der Waals surface area contributed by atoms with Crippen LogP contribution in [0, 0.1) is 6.92 Å². The molecular weight excluding hydrogens is 316 g/mol. The van der Waals surface area contributed by atoms with E-state index in [-0.39, 0.29) is 5.91 Å². The van der Waals surface area contributed by atoms with Gasteiger partial charge in [0.25, 0.3) is 0 Å². The molecule has 1 aliphatic carbocycles. The summed E-state index contributed by atoms with van der Waals surface area (Å²) >= 11 is 1.66. The van der Waals surface area contributed by atoms with Gasteiger partial charge in [-0.3, -0.25) is 4.79 Å². The minimum Gasteiger partial charge on any atom is -0.339 e. The molecule has 0 atom stereocenters. The number of amides is 1. The van der Waals surface area contributed by atoms with Gasteiger partial charge >= 0.3 is 0 Å². The highest BCUT2D eigenvalue weighted by Crippen LogP contribution is 2.32. The minimum absolute atomic E-state index is 0.202. The molecule has 2 aromatic rings. The summed E-state index contributed by atoms with van der Waals surface area (Å²) in [7, 11) is 0. The maximum Gasteiger partial charge on any atom is 0.250 e. The zero-order valence-corrected chi connectivity index (χ0v) is 14.6. The molecule has 0 saturated carbocycles. The van der Waals surface area contributed by atoms with Crippen LogP contribution in [0.4, 0.5) is 0 Å². The molecule has 3 nitrogen and oxygen atoms in total. The summed E-state index contributed by atoms with van der Waals surface area (Å²) < 4.78 is 0. The van der Waals surface area contributed by atoms with Crippen LogP contribution in [0.25, 0.3) is 16.1 Å². The maximum atomic E-state index is 12.5. The van der Waals surface area contributed by atoms with Crippen molar-refractivity contribution in [2.24, 2.45) is 0 Å². The van der Waals surface area contributed by atoms with Crippen molar-refractivity contribution in [1.82, 2.24) is 9.88 Å². The molecule has 1 aromatic carbocycles. The zero-order chi connectivity index (χ0) is 16.5. The van der Waals surface area contributed by atoms with Gasteiger partial charge < -0.3 is 4.90 Å². The van der Waals surface area contributed by atoms with Gasteiger partial charge in [0.05, 0.1) is 5.69 Å². The topological polar surface area (TPSA) is 33.2 Å². The SMILES string of the molecule is Cc1ccccc1-c1nc(C2=CCC(C(=O)N3CCCC3)=C2)cs1. The van der Waals surface area contributed by atoms with Gasteiger partial charge in [-0.2, -0.15) is 0 Å². The first-order valence-corrected chi connectivity index (χ1v) is 9.32. The summed E-state index contributed by atoms with van der Waals surface area (Å²) in [5.74, 6) is 0.202. The lowest BCUT2D eigenvalue weighted by Gasteiger charge is -2.15. The van der Waals surface area contributed by atoms with Crippen molar-refractivity contribution in [3.8, 4) is 10.6 Å². The summed E-state index contributed by atoms with van der Waals surface area (Å²) in [6.45, 7) is 3.91. The third-order valence-corrected chi connectivity index (χ3v) is 5.59. The molecule has 0 N–H and O–H groups in total. The van der Waals surface area contributed by atoms with Crippen molar-refractivity contribution >= 4 is 22.8 Å². The van der Waals surface area contributed by atoms with Crippen molar-refractivity contribution in [2.45, 2.75) is 26.2 Å². The molecule has 122 valence electrons. The molecule has 4 heteroatoms. The fraction of sp³-hybridized carbons (Fsp3) is 0.300. The number of thiazole rings is 1. The number of aryl methyl sites for hydroxylation is 1. The number of rotatable bonds is 3. The quantitative estimate of drug-likeness (QED) is 0.829. The molecule has 0 spiro atoms. The van der Waals surface area contributed by atoms with Crippen molar-refractivity contribution in [1.29, 1.82) is 0 Å². The van der Waals surface area contributed by atoms with Crippen LogP contribution in [0.2, 0.25) is 0 Å². The highest BCUT2D eigenvalue weighted by Gasteiger charge is 2.24. The molecule has 2 heterocycles. The maximum absolute atomic E-state index is 12.5. The normalized spacial score (nSPS) is 17.1. The number of likely N-dealkylation sites (tertiary alicyclic amines) is 1. The molecule has 24 heavy (non-hydrogen) atoms. The molecular formula is C20H20N2OS. The van der Waals surface area contributed by atoms with E-state index < -0.39 is 0 Å². The number of carbonyl (C=O) groups excluding carboxylic acids is 1. The number of aromatic nitrogens is 1. The second-order valence-corrected chi connectivity index (χ2v) is 7.24. The number of nitrogens with zero attached hydrogens (tertiary/aromatic N) is 2. The van der Waals surface area contributed by atoms with Gasteiger partial charge in [0.1, 0.15) is 5.01 Å². The van der Waals surface area contributed by atoms with E-state index >= 15 is 0 Å². The lowest BCUT2D eigenvalue weighted by Crippen LogP contribution is -2.28. The van der Waals surface area contributed by atoms with Gasteiger partial charge in [-0.25, -0.2) is 4.98 Å². The largest absolute Gasteiger partial charge is 0.339 e. The van der Waals surface area contributed by atoms with E-state index in [1.807, 2.05) is 23.1 Å². The highest BCUT2D eigenvalue weighted by atomic mass is 32.1. The summed E-state index contributed by atoms with van der Waals surface area (Å²) in [6.07, 6.45) is 7.13. The van der Waals surface area contributed by atoms with Crippen LogP contribution in [0.1, 0.15) is 30.5 Å². The second-order valence-electron chi connectivity index (χ2n) is 6.39. The molecule has 0 radical (unpaired) electrons. The third-order valence-electron chi connectivity index (χ3n) is 4.72. The first-order valence-electron chi connectivity index (χ1n) is 8.44. The van der Waals surface area contributed by atoms with Crippen LogP contribution in [-0.4, -0.2) is 28.9 Å². The van der Waals surface area contributed by atoms with Gasteiger partial charge in [-0.15, -0.1) is 11.3 Å². The highest BCUT2D eigenvalue weighted by molar-refractivity contribution is 7.13. The fourth-order valence-corrected chi connectivity index (χ4v) is 4.24. The van der Waals surface area contributed by atoms with Gasteiger partial charge in [0.2, 0.25) is 5.91 Å². The van der Waals surface area contributed by atoms with Gasteiger partial charge in [-0.1, -0.05) is 30.3 Å². The zero-order valence-electron chi connectivity index (χ0n) is 13.8. The monoisotopic (exact) mass is 336 g/mol. The number of hydrogen-bond donors (Lipinski definition) is 0. The van der Waals surface area contributed by atoms with Crippen LogP contribution in [0.3, 0.4) is 0 Å². The van der Waals surface area contributed by atoms with E-state index in [2.05, 4.69) is 30.5 Å². The molecule has 1 aliphatic heterocycles. The van der Waals surface area contributed by atoms with Crippen LogP contribution in [-0.2, 0) is 4.79 Å². The third kappa shape index (κ3) is 2.82. The Morgan fingerprint density at radius 2 is 2.00 bits per heavy atom. The van der Waals surface area contributed by atoms with Crippen molar-refractivity contribution in [2.75, 3.05) is 13.1 Å². The van der Waals surface area contributed by atoms with Gasteiger partial charge in [0.15, 0.2) is 0 Å². The lowest BCUT2D eigenvalue weighted by atomic mass is 10.1. The first-order chi connectivity index (χ1) is 11.7. The molecule has 1 fully saturated rings. The van der Waals surface area contributed by atoms with Gasteiger partial charge in [0, 0.05) is 29.6 Å². The molecule has 1 aromatic heterocycles. The summed E-state index contributed by atoms with van der Waals surface area (Å²) in [5, 5.41) is 3.13. The van der Waals surface area contributed by atoms with Crippen LogP contribution < -0.4 is 0 Å². The average Bonchev–Trinajstić information content (AvgIpc) is 3.34. The molecule has 4 rings (SSSR count). The Labute approximate surface area is 146 Å². The van der Waals surface area contributed by atoms with Crippen LogP contribution in [0.5, 0.6) is 0 Å². The molecule has 1 amide bonds. The van der Waals surface area contributed by atoms with E-state index in [4.69, 9.17) is 4.98 Å². The number of carbonyl (C=O) groups is 1. The van der Waals surface area contributed by atoms with E-state index in [9.17, 15) is 4.79 Å². The predicted molar refractivity (Wildman–Crippen MR) is 98.8 cm³/mol. The number of benzene rings is 1. The lowest BCUT2D eigenvalue weighted by molar-refractivity contribution is -0.126. The molecule has 0 bridgehead atoms. The molecule has 1 saturated heterocycles. The van der Waals surface area contributed by atoms with Crippen molar-refractivity contribution < 1.29 is 4.79 Å². The smallest absolute Gasteiger partial charge is 0.250 e. The molecule has 2 aliphatic rings. The first kappa shape index (κ1) is 15.3. The fourth-order valence-electron chi connectivity index (χ4n) is 3.32. The van der Waals surface area contributed by atoms with E-state index in [0.717, 1.165) is 54.2 Å². The number of allylic oxidation sites excluding steroid dienone is 3. The Kier molecular flexibility index (Phi) is 4.07. The second kappa shape index (κ2) is 6.36. The van der Waals surface area contributed by atoms with E-state index in [0.29, 0.717) is 0 Å². The van der Waals surface area contributed by atoms with E-state index in [1.54, 1.807) is 11.3 Å². The Morgan fingerprint density at radius 3 is 2.79 bits per heavy atom. The Morgan fingerprint density at radius 1 is 1.21 bits per heavy atom. The summed E-state index contributed by atoms with van der Waals surface area (Å²) in [6, 6.07) is 8.31. The van der Waals surface area contributed by atoms with Crippen molar-refractivity contribution in [3.05, 3.63) is 58.6 Å². The summed E-state index contributed by atoms with van der Waals surface area (Å²) in [4.78, 5) is 19.3. The predicted octanol–water partition coefficient (Wildman–Crippen LogP) is 4.45.